The zero-order valence-corrected chi connectivity index (χ0v) is 14.5. The third-order valence-corrected chi connectivity index (χ3v) is 4.27. The van der Waals surface area contributed by atoms with Crippen LogP contribution in [0.3, 0.4) is 0 Å². The van der Waals surface area contributed by atoms with E-state index in [1.165, 1.54) is 0 Å². The van der Waals surface area contributed by atoms with Gasteiger partial charge in [0.05, 0.1) is 0 Å². The maximum atomic E-state index is 12.2. The summed E-state index contributed by atoms with van der Waals surface area (Å²) in [7, 11) is 0. The molecule has 4 heteroatoms. The summed E-state index contributed by atoms with van der Waals surface area (Å²) in [4.78, 5) is 12.2. The molecule has 2 nitrogen and oxygen atoms in total. The summed E-state index contributed by atoms with van der Waals surface area (Å²) in [6.07, 6.45) is 2.05. The molecule has 0 aliphatic carbocycles. The molecule has 2 rings (SSSR count). The van der Waals surface area contributed by atoms with E-state index in [-0.39, 0.29) is 11.9 Å². The van der Waals surface area contributed by atoms with Crippen molar-refractivity contribution in [1.29, 1.82) is 0 Å². The monoisotopic (exact) mass is 397 g/mol. The minimum Gasteiger partial charge on any atom is -0.350 e. The summed E-state index contributed by atoms with van der Waals surface area (Å²) in [6, 6.07) is 12.1. The summed E-state index contributed by atoms with van der Waals surface area (Å²) in [5.41, 5.74) is 0.713. The lowest BCUT2D eigenvalue weighted by molar-refractivity contribution is 0.0938. The van der Waals surface area contributed by atoms with Crippen LogP contribution in [0.2, 0.25) is 0 Å². The van der Waals surface area contributed by atoms with Crippen LogP contribution in [0.1, 0.15) is 30.1 Å². The molecular weight excluding hydrogens is 382 g/mol. The fraction of sp³-hybridized carbons (Fsp3) is 0.312. The summed E-state index contributed by atoms with van der Waals surface area (Å²) >= 11 is 6.86. The summed E-state index contributed by atoms with van der Waals surface area (Å²) in [6.45, 7) is 2.04. The Morgan fingerprint density at radius 1 is 1.20 bits per heavy atom. The predicted octanol–water partition coefficient (Wildman–Crippen LogP) is 4.90. The number of amides is 1. The molecule has 0 heterocycles. The molecule has 20 heavy (non-hydrogen) atoms. The number of benzene rings is 2. The van der Waals surface area contributed by atoms with Crippen LogP contribution >= 0.6 is 31.9 Å². The van der Waals surface area contributed by atoms with E-state index in [0.717, 1.165) is 33.4 Å². The zero-order valence-electron chi connectivity index (χ0n) is 11.3. The standard InChI is InChI=1S/C16H17Br2NO/c1-11(3-2-8-17)19-16(20)14-5-4-13-10-15(18)7-6-12(13)9-14/h4-7,9-11H,2-3,8H2,1H3,(H,19,20). The number of carbonyl (C=O) groups excluding carboxylic acids is 1. The molecule has 1 unspecified atom stereocenters. The van der Waals surface area contributed by atoms with Crippen LogP contribution in [0, 0.1) is 0 Å². The second-order valence-corrected chi connectivity index (χ2v) is 6.62. The maximum absolute atomic E-state index is 12.2. The third kappa shape index (κ3) is 4.06. The van der Waals surface area contributed by atoms with E-state index in [9.17, 15) is 4.79 Å². The van der Waals surface area contributed by atoms with Crippen LogP contribution in [0.4, 0.5) is 0 Å². The number of hydrogen-bond donors (Lipinski definition) is 1. The van der Waals surface area contributed by atoms with Crippen LogP contribution in [-0.4, -0.2) is 17.3 Å². The van der Waals surface area contributed by atoms with Crippen molar-refractivity contribution in [2.45, 2.75) is 25.8 Å². The molecular formula is C16H17Br2NO. The second kappa shape index (κ2) is 7.23. The van der Waals surface area contributed by atoms with Gasteiger partial charge >= 0.3 is 0 Å². The molecule has 106 valence electrons. The number of rotatable bonds is 5. The zero-order chi connectivity index (χ0) is 14.5. The molecule has 0 radical (unpaired) electrons. The van der Waals surface area contributed by atoms with Crippen molar-refractivity contribution in [3.05, 3.63) is 46.4 Å². The molecule has 2 aromatic rings. The minimum atomic E-state index is -0.00288. The summed E-state index contributed by atoms with van der Waals surface area (Å²) < 4.78 is 1.05. The summed E-state index contributed by atoms with van der Waals surface area (Å²) in [5, 5.41) is 6.21. The predicted molar refractivity (Wildman–Crippen MR) is 91.6 cm³/mol. The molecule has 0 bridgehead atoms. The largest absolute Gasteiger partial charge is 0.350 e. The highest BCUT2D eigenvalue weighted by Crippen LogP contribution is 2.21. The number of carbonyl (C=O) groups is 1. The van der Waals surface area contributed by atoms with Gasteiger partial charge < -0.3 is 5.32 Å². The fourth-order valence-corrected chi connectivity index (χ4v) is 2.82. The van der Waals surface area contributed by atoms with Gasteiger partial charge in [-0.15, -0.1) is 0 Å². The topological polar surface area (TPSA) is 29.1 Å². The molecule has 1 N–H and O–H groups in total. The van der Waals surface area contributed by atoms with Crippen molar-refractivity contribution < 1.29 is 4.79 Å². The van der Waals surface area contributed by atoms with E-state index in [4.69, 9.17) is 0 Å². The molecule has 0 aromatic heterocycles. The number of nitrogens with one attached hydrogen (secondary N) is 1. The van der Waals surface area contributed by atoms with Crippen molar-refractivity contribution in [2.75, 3.05) is 5.33 Å². The van der Waals surface area contributed by atoms with Gasteiger partial charge in [-0.05, 0) is 54.8 Å². The molecule has 1 amide bonds. The molecule has 0 saturated carbocycles. The van der Waals surface area contributed by atoms with Gasteiger partial charge in [0.2, 0.25) is 0 Å². The SMILES string of the molecule is CC(CCCBr)NC(=O)c1ccc2cc(Br)ccc2c1. The van der Waals surface area contributed by atoms with Gasteiger partial charge in [-0.25, -0.2) is 0 Å². The first-order valence-electron chi connectivity index (χ1n) is 6.66. The molecule has 0 aliphatic heterocycles. The highest BCUT2D eigenvalue weighted by molar-refractivity contribution is 9.10. The van der Waals surface area contributed by atoms with E-state index in [0.29, 0.717) is 5.56 Å². The van der Waals surface area contributed by atoms with Crippen molar-refractivity contribution in [1.82, 2.24) is 5.32 Å². The first kappa shape index (κ1) is 15.5. The van der Waals surface area contributed by atoms with E-state index < -0.39 is 0 Å². The van der Waals surface area contributed by atoms with Crippen LogP contribution in [0.15, 0.2) is 40.9 Å². The average Bonchev–Trinajstić information content (AvgIpc) is 2.44. The van der Waals surface area contributed by atoms with Crippen molar-refractivity contribution >= 4 is 48.5 Å². The van der Waals surface area contributed by atoms with Gasteiger partial charge in [0, 0.05) is 21.4 Å². The first-order valence-corrected chi connectivity index (χ1v) is 8.58. The lowest BCUT2D eigenvalue weighted by Crippen LogP contribution is -2.32. The normalized spacial score (nSPS) is 12.3. The Balaban J connectivity index is 2.12. The Morgan fingerprint density at radius 2 is 1.90 bits per heavy atom. The van der Waals surface area contributed by atoms with E-state index in [2.05, 4.69) is 43.2 Å². The Labute approximate surface area is 136 Å². The van der Waals surface area contributed by atoms with Crippen LogP contribution < -0.4 is 5.32 Å². The minimum absolute atomic E-state index is 0.00288. The van der Waals surface area contributed by atoms with Gasteiger partial charge in [0.25, 0.3) is 5.91 Å². The maximum Gasteiger partial charge on any atom is 0.251 e. The van der Waals surface area contributed by atoms with E-state index in [1.54, 1.807) is 0 Å². The second-order valence-electron chi connectivity index (χ2n) is 4.91. The number of halogens is 2. The highest BCUT2D eigenvalue weighted by atomic mass is 79.9. The molecule has 0 fully saturated rings. The average molecular weight is 399 g/mol. The lowest BCUT2D eigenvalue weighted by Gasteiger charge is -2.13. The molecule has 0 spiro atoms. The number of alkyl halides is 1. The number of hydrogen-bond acceptors (Lipinski definition) is 1. The fourth-order valence-electron chi connectivity index (χ4n) is 2.12. The molecule has 1 atom stereocenters. The van der Waals surface area contributed by atoms with Gasteiger partial charge in [0.1, 0.15) is 0 Å². The van der Waals surface area contributed by atoms with Gasteiger partial charge in [-0.1, -0.05) is 44.0 Å². The molecule has 0 aliphatic rings. The Hall–Kier alpha value is -0.870. The highest BCUT2D eigenvalue weighted by Gasteiger charge is 2.10. The van der Waals surface area contributed by atoms with Gasteiger partial charge in [-0.3, -0.25) is 4.79 Å². The smallest absolute Gasteiger partial charge is 0.251 e. The third-order valence-electron chi connectivity index (χ3n) is 3.21. The van der Waals surface area contributed by atoms with Crippen LogP contribution in [0.5, 0.6) is 0 Å². The van der Waals surface area contributed by atoms with Gasteiger partial charge in [0.15, 0.2) is 0 Å². The number of fused-ring (bicyclic) bond motifs is 1. The lowest BCUT2D eigenvalue weighted by atomic mass is 10.1. The van der Waals surface area contributed by atoms with E-state index in [1.807, 2.05) is 37.3 Å². The van der Waals surface area contributed by atoms with Crippen molar-refractivity contribution in [2.24, 2.45) is 0 Å². The molecule has 2 aromatic carbocycles. The van der Waals surface area contributed by atoms with Crippen molar-refractivity contribution in [3.63, 3.8) is 0 Å². The Morgan fingerprint density at radius 3 is 2.65 bits per heavy atom. The Kier molecular flexibility index (Phi) is 5.61. The van der Waals surface area contributed by atoms with Crippen molar-refractivity contribution in [3.8, 4) is 0 Å². The Bertz CT molecular complexity index is 612. The first-order chi connectivity index (χ1) is 9.60. The van der Waals surface area contributed by atoms with E-state index >= 15 is 0 Å². The van der Waals surface area contributed by atoms with Crippen LogP contribution in [-0.2, 0) is 0 Å². The summed E-state index contributed by atoms with van der Waals surface area (Å²) in [5.74, 6) is -0.00288. The quantitative estimate of drug-likeness (QED) is 0.713. The molecule has 0 saturated heterocycles. The van der Waals surface area contributed by atoms with Crippen LogP contribution in [0.25, 0.3) is 10.8 Å². The van der Waals surface area contributed by atoms with Gasteiger partial charge in [-0.2, -0.15) is 0 Å².